The van der Waals surface area contributed by atoms with Gasteiger partial charge in [-0.25, -0.2) is 8.42 Å². The number of unbranched alkanes of at least 4 members (excludes halogenated alkanes) is 1. The van der Waals surface area contributed by atoms with Crippen LogP contribution in [0.1, 0.15) is 19.8 Å². The Morgan fingerprint density at radius 1 is 0.636 bits per heavy atom. The molecule has 0 radical (unpaired) electrons. The molecule has 0 fully saturated rings. The molecule has 0 saturated heterocycles. The van der Waals surface area contributed by atoms with Crippen molar-refractivity contribution >= 4 is 10.0 Å². The molecule has 1 N–H and O–H groups in total. The molecule has 0 rings (SSSR count). The number of hydrogen-bond donors (Lipinski definition) is 1. The first-order chi connectivity index (χ1) is 14.3. The van der Waals surface area contributed by atoms with Crippen LogP contribution in [-0.4, -0.2) is 78.6 Å². The first-order valence-corrected chi connectivity index (χ1v) is 9.65. The average molecular weight is 549 g/mol. The first-order valence-electron chi connectivity index (χ1n) is 8.21. The van der Waals surface area contributed by atoms with Crippen molar-refractivity contribution in [2.45, 2.75) is 60.8 Å². The minimum Gasteiger partial charge on any atom is -0.395 e. The molecule has 4 nitrogen and oxygen atoms in total. The third-order valence-electron chi connectivity index (χ3n) is 4.07. The van der Waals surface area contributed by atoms with Crippen LogP contribution in [0.15, 0.2) is 0 Å². The van der Waals surface area contributed by atoms with E-state index < -0.39 is 81.5 Å². The summed E-state index contributed by atoms with van der Waals surface area (Å²) in [5, 5.41) is 1.17. The smallest absolute Gasteiger partial charge is 0.395 e. The van der Waals surface area contributed by atoms with E-state index in [9.17, 15) is 74.3 Å². The van der Waals surface area contributed by atoms with Gasteiger partial charge in [0.15, 0.2) is 0 Å². The Labute approximate surface area is 175 Å². The largest absolute Gasteiger partial charge is 0.460 e. The zero-order valence-corrected chi connectivity index (χ0v) is 16.6. The molecular weight excluding hydrogens is 535 g/mol. The van der Waals surface area contributed by atoms with Crippen molar-refractivity contribution in [1.82, 2.24) is 4.31 Å². The second kappa shape index (κ2) is 9.12. The van der Waals surface area contributed by atoms with Crippen LogP contribution in [0.4, 0.5) is 65.9 Å². The number of nitrogens with zero attached hydrogens (tertiary/aromatic N) is 1. The summed E-state index contributed by atoms with van der Waals surface area (Å²) in [7, 11) is -7.22. The lowest BCUT2D eigenvalue weighted by molar-refractivity contribution is -0.447. The molecule has 200 valence electrons. The molecule has 0 unspecified atom stereocenters. The zero-order chi connectivity index (χ0) is 27.1. The number of hydrogen-bond acceptors (Lipinski definition) is 3. The molecule has 0 heterocycles. The predicted octanol–water partition coefficient (Wildman–Crippen LogP) is 4.74. The highest BCUT2D eigenvalue weighted by Crippen LogP contribution is 2.63. The van der Waals surface area contributed by atoms with Gasteiger partial charge in [0.05, 0.1) is 6.61 Å². The van der Waals surface area contributed by atoms with Crippen LogP contribution in [0.2, 0.25) is 0 Å². The minimum atomic E-state index is -8.58. The van der Waals surface area contributed by atoms with Gasteiger partial charge < -0.3 is 5.11 Å². The maximum absolute atomic E-state index is 14.0. The third-order valence-corrected chi connectivity index (χ3v) is 6.02. The Bertz CT molecular complexity index is 778. The van der Waals surface area contributed by atoms with Crippen molar-refractivity contribution in [2.75, 3.05) is 19.7 Å². The molecule has 0 aromatic rings. The fraction of sp³-hybridized carbons (Fsp3) is 1.00. The summed E-state index contributed by atoms with van der Waals surface area (Å²) in [6, 6.07) is 0. The fourth-order valence-corrected chi connectivity index (χ4v) is 3.54. The first kappa shape index (κ1) is 31.8. The van der Waals surface area contributed by atoms with Gasteiger partial charge in [0.25, 0.3) is 10.0 Å². The topological polar surface area (TPSA) is 57.6 Å². The van der Waals surface area contributed by atoms with Crippen LogP contribution in [0.3, 0.4) is 0 Å². The van der Waals surface area contributed by atoms with E-state index in [-0.39, 0.29) is 6.42 Å². The number of halogens is 15. The SMILES string of the molecule is CCCCN(CCO)S(=O)(=O)C(F)(F)C(F)(F)C(F)(F)C(F)(F)C(F)(F)C(F)(F)C(F)(F)F. The van der Waals surface area contributed by atoms with Crippen molar-refractivity contribution in [3.05, 3.63) is 0 Å². The van der Waals surface area contributed by atoms with E-state index in [1.807, 2.05) is 0 Å². The number of alkyl halides is 15. The summed E-state index contributed by atoms with van der Waals surface area (Å²) in [5.74, 6) is -41.9. The van der Waals surface area contributed by atoms with Crippen LogP contribution < -0.4 is 0 Å². The Hall–Kier alpha value is -1.18. The molecule has 0 amide bonds. The van der Waals surface area contributed by atoms with Crippen molar-refractivity contribution < 1.29 is 79.4 Å². The molecule has 20 heteroatoms. The Morgan fingerprint density at radius 3 is 1.33 bits per heavy atom. The molecule has 0 aliphatic carbocycles. The van der Waals surface area contributed by atoms with E-state index in [1.165, 1.54) is 6.92 Å². The highest BCUT2D eigenvalue weighted by molar-refractivity contribution is 7.90. The van der Waals surface area contributed by atoms with E-state index >= 15 is 0 Å². The number of rotatable bonds is 12. The molecule has 0 aromatic heterocycles. The maximum Gasteiger partial charge on any atom is 0.460 e. The molecule has 0 aliphatic rings. The van der Waals surface area contributed by atoms with Gasteiger partial charge in [-0.15, -0.1) is 0 Å². The third kappa shape index (κ3) is 4.57. The Kier molecular flexibility index (Phi) is 8.79. The summed E-state index contributed by atoms with van der Waals surface area (Å²) in [6.45, 7) is -2.89. The fourth-order valence-electron chi connectivity index (χ4n) is 2.07. The Morgan fingerprint density at radius 2 is 1.00 bits per heavy atom. The predicted molar refractivity (Wildman–Crippen MR) is 78.2 cm³/mol. The van der Waals surface area contributed by atoms with Gasteiger partial charge in [0.1, 0.15) is 0 Å². The number of aliphatic hydroxyl groups excluding tert-OH is 1. The van der Waals surface area contributed by atoms with Crippen molar-refractivity contribution in [3.8, 4) is 0 Å². The van der Waals surface area contributed by atoms with Crippen LogP contribution in [-0.2, 0) is 10.0 Å². The average Bonchev–Trinajstić information content (AvgIpc) is 2.62. The summed E-state index contributed by atoms with van der Waals surface area (Å²) in [6.07, 6.45) is -8.30. The van der Waals surface area contributed by atoms with Gasteiger partial charge in [-0.1, -0.05) is 13.3 Å². The maximum atomic E-state index is 14.0. The van der Waals surface area contributed by atoms with E-state index in [0.29, 0.717) is 0 Å². The Balaban J connectivity index is 6.81. The molecule has 0 atom stereocenters. The van der Waals surface area contributed by atoms with Crippen molar-refractivity contribution in [3.63, 3.8) is 0 Å². The van der Waals surface area contributed by atoms with Crippen LogP contribution >= 0.6 is 0 Å². The summed E-state index contributed by atoms with van der Waals surface area (Å²) in [5.41, 5.74) is 0. The summed E-state index contributed by atoms with van der Waals surface area (Å²) < 4.78 is 220. The van der Waals surface area contributed by atoms with Gasteiger partial charge >= 0.3 is 41.0 Å². The molecule has 0 aliphatic heterocycles. The lowest BCUT2D eigenvalue weighted by Crippen LogP contribution is -2.73. The second-order valence-corrected chi connectivity index (χ2v) is 8.35. The summed E-state index contributed by atoms with van der Waals surface area (Å²) in [4.78, 5) is 0. The van der Waals surface area contributed by atoms with E-state index in [2.05, 4.69) is 0 Å². The molecule has 0 spiro atoms. The van der Waals surface area contributed by atoms with Crippen LogP contribution in [0, 0.1) is 0 Å². The van der Waals surface area contributed by atoms with Crippen LogP contribution in [0.25, 0.3) is 0 Å². The van der Waals surface area contributed by atoms with Gasteiger partial charge in [0, 0.05) is 13.1 Å². The molecule has 0 bridgehead atoms. The van der Waals surface area contributed by atoms with Crippen molar-refractivity contribution in [2.24, 2.45) is 0 Å². The molecule has 0 aromatic carbocycles. The number of aliphatic hydroxyl groups is 1. The molecular formula is C13H14F15NO3S. The molecule has 0 saturated carbocycles. The lowest BCUT2D eigenvalue weighted by Gasteiger charge is -2.41. The second-order valence-electron chi connectivity index (χ2n) is 6.37. The lowest BCUT2D eigenvalue weighted by atomic mass is 9.94. The van der Waals surface area contributed by atoms with Gasteiger partial charge in [0.2, 0.25) is 0 Å². The monoisotopic (exact) mass is 549 g/mol. The van der Waals surface area contributed by atoms with Gasteiger partial charge in [-0.3, -0.25) is 0 Å². The van der Waals surface area contributed by atoms with Gasteiger partial charge in [-0.05, 0) is 6.42 Å². The quantitative estimate of drug-likeness (QED) is 0.358. The number of sulfonamides is 1. The minimum absolute atomic E-state index is 0.0770. The van der Waals surface area contributed by atoms with E-state index in [4.69, 9.17) is 5.11 Å². The van der Waals surface area contributed by atoms with Gasteiger partial charge in [-0.2, -0.15) is 70.2 Å². The standard InChI is InChI=1S/C13H14F15NO3S/c1-2-3-4-29(5-6-30)33(31,32)13(27,28)11(22,23)9(18,19)7(14,15)8(16,17)10(20,21)12(24,25)26/h30H,2-6H2,1H3. The highest BCUT2D eigenvalue weighted by Gasteiger charge is 2.94. The van der Waals surface area contributed by atoms with E-state index in [0.717, 1.165) is 0 Å². The normalized spacial score (nSPS) is 15.9. The zero-order valence-electron chi connectivity index (χ0n) is 15.8. The molecule has 33 heavy (non-hydrogen) atoms. The highest BCUT2D eigenvalue weighted by atomic mass is 32.2. The van der Waals surface area contributed by atoms with E-state index in [1.54, 1.807) is 0 Å². The summed E-state index contributed by atoms with van der Waals surface area (Å²) >= 11 is 0. The van der Waals surface area contributed by atoms with Crippen molar-refractivity contribution in [1.29, 1.82) is 0 Å². The van der Waals surface area contributed by atoms with Crippen LogP contribution in [0.5, 0.6) is 0 Å².